The molecule has 4 fully saturated rings. The molecular weight excluding hydrogens is 592 g/mol. The van der Waals surface area contributed by atoms with Crippen LogP contribution < -0.4 is 5.32 Å². The van der Waals surface area contributed by atoms with Crippen LogP contribution in [0.1, 0.15) is 121 Å². The third-order valence-corrected chi connectivity index (χ3v) is 15.6. The van der Waals surface area contributed by atoms with Crippen LogP contribution in [0, 0.1) is 51.2 Å². The Bertz CT molecular complexity index is 1640. The maximum atomic E-state index is 13.7. The zero-order valence-corrected chi connectivity index (χ0v) is 30.1. The lowest BCUT2D eigenvalue weighted by atomic mass is 9.33. The molecule has 2 aromatic rings. The quantitative estimate of drug-likeness (QED) is 0.306. The van der Waals surface area contributed by atoms with Crippen LogP contribution in [-0.4, -0.2) is 27.5 Å². The van der Waals surface area contributed by atoms with E-state index in [1.807, 2.05) is 30.5 Å². The zero-order valence-electron chi connectivity index (χ0n) is 30.1. The number of carboxylic acid groups (broad SMARTS) is 1. The molecular formula is C43H56N2O3. The molecule has 0 radical (unpaired) electrons. The number of fused-ring (bicyclic) bond motifs is 7. The Morgan fingerprint density at radius 1 is 0.917 bits per heavy atom. The molecule has 48 heavy (non-hydrogen) atoms. The van der Waals surface area contributed by atoms with Crippen molar-refractivity contribution in [2.45, 2.75) is 111 Å². The first-order chi connectivity index (χ1) is 22.7. The highest BCUT2D eigenvalue weighted by Gasteiger charge is 2.70. The van der Waals surface area contributed by atoms with Gasteiger partial charge in [-0.3, -0.25) is 9.78 Å². The Kier molecular flexibility index (Phi) is 7.92. The van der Waals surface area contributed by atoms with Crippen LogP contribution in [0.25, 0.3) is 5.57 Å². The summed E-state index contributed by atoms with van der Waals surface area (Å²) in [5, 5.41) is 13.2. The van der Waals surface area contributed by atoms with Gasteiger partial charge in [-0.05, 0) is 151 Å². The Balaban J connectivity index is 1.20. The summed E-state index contributed by atoms with van der Waals surface area (Å²) in [6, 6.07) is 11.5. The van der Waals surface area contributed by atoms with Crippen LogP contribution in [0.2, 0.25) is 0 Å². The van der Waals surface area contributed by atoms with Crippen LogP contribution >= 0.6 is 0 Å². The molecule has 1 heterocycles. The van der Waals surface area contributed by atoms with Crippen molar-refractivity contribution in [2.24, 2.45) is 51.2 Å². The molecule has 7 rings (SSSR count). The number of hydrogen-bond donors (Lipinski definition) is 2. The van der Waals surface area contributed by atoms with Crippen molar-refractivity contribution in [2.75, 3.05) is 0 Å². The van der Waals surface area contributed by atoms with Crippen molar-refractivity contribution < 1.29 is 14.7 Å². The van der Waals surface area contributed by atoms with Crippen LogP contribution in [-0.2, 0) is 11.2 Å². The summed E-state index contributed by atoms with van der Waals surface area (Å²) in [7, 11) is 0. The summed E-state index contributed by atoms with van der Waals surface area (Å²) >= 11 is 0. The number of rotatable bonds is 6. The van der Waals surface area contributed by atoms with Crippen molar-refractivity contribution in [1.82, 2.24) is 10.3 Å². The normalized spacial score (nSPS) is 39.5. The van der Waals surface area contributed by atoms with E-state index in [1.165, 1.54) is 43.3 Å². The van der Waals surface area contributed by atoms with E-state index in [0.717, 1.165) is 36.8 Å². The summed E-state index contributed by atoms with van der Waals surface area (Å²) in [6.45, 7) is 19.6. The van der Waals surface area contributed by atoms with Gasteiger partial charge in [-0.1, -0.05) is 71.0 Å². The third kappa shape index (κ3) is 4.80. The minimum atomic E-state index is -0.874. The summed E-state index contributed by atoms with van der Waals surface area (Å²) in [6.07, 6.45) is 16.9. The number of hydrogen-bond acceptors (Lipinski definition) is 3. The molecule has 5 heteroatoms. The lowest BCUT2D eigenvalue weighted by Crippen LogP contribution is -2.68. The number of benzene rings is 1. The van der Waals surface area contributed by atoms with Gasteiger partial charge in [-0.15, -0.1) is 0 Å². The fourth-order valence-corrected chi connectivity index (χ4v) is 13.3. The summed E-state index contributed by atoms with van der Waals surface area (Å²) in [5.41, 5.74) is 5.61. The Morgan fingerprint density at radius 2 is 1.67 bits per heavy atom. The van der Waals surface area contributed by atoms with Gasteiger partial charge in [0.25, 0.3) is 0 Å². The third-order valence-electron chi connectivity index (χ3n) is 15.6. The molecule has 5 nitrogen and oxygen atoms in total. The standard InChI is InChI=1S/C43H56N2O3/c1-27(2)31-16-21-43(45-36(46)25-28-9-8-24-44-26-28)23-22-41(6)33(37(31)43)14-15-35-40(5)19-17-32(29-10-12-30(13-11-29)38(47)48)39(3,4)34(40)18-20-42(35,41)7/h8-13,17,24,26,31,33-35,37H,1,14-16,18-23,25H2,2-7H3,(H,45,46)(H,47,48)/t31?,33-,34+,35-,37-,40+,41-,42-,43+/m1/s1. The van der Waals surface area contributed by atoms with E-state index in [4.69, 9.17) is 0 Å². The van der Waals surface area contributed by atoms with Gasteiger partial charge in [0.15, 0.2) is 0 Å². The van der Waals surface area contributed by atoms with Crippen LogP contribution in [0.5, 0.6) is 0 Å². The van der Waals surface area contributed by atoms with Crippen molar-refractivity contribution >= 4 is 17.4 Å². The molecule has 256 valence electrons. The predicted octanol–water partition coefficient (Wildman–Crippen LogP) is 9.54. The highest BCUT2D eigenvalue weighted by atomic mass is 16.4. The van der Waals surface area contributed by atoms with E-state index in [9.17, 15) is 14.7 Å². The molecule has 4 saturated carbocycles. The number of nitrogens with zero attached hydrogens (tertiary/aromatic N) is 1. The van der Waals surface area contributed by atoms with Crippen LogP contribution in [0.15, 0.2) is 67.0 Å². The summed E-state index contributed by atoms with van der Waals surface area (Å²) in [5.74, 6) is 1.90. The smallest absolute Gasteiger partial charge is 0.335 e. The second-order valence-electron chi connectivity index (χ2n) is 17.9. The van der Waals surface area contributed by atoms with Gasteiger partial charge in [-0.25, -0.2) is 4.79 Å². The summed E-state index contributed by atoms with van der Waals surface area (Å²) in [4.78, 5) is 29.5. The monoisotopic (exact) mass is 648 g/mol. The lowest BCUT2D eigenvalue weighted by Gasteiger charge is -2.72. The first-order valence-electron chi connectivity index (χ1n) is 18.6. The van der Waals surface area contributed by atoms with E-state index in [0.29, 0.717) is 41.6 Å². The molecule has 0 bridgehead atoms. The number of aromatic carboxylic acids is 1. The van der Waals surface area contributed by atoms with E-state index in [1.54, 1.807) is 18.3 Å². The maximum Gasteiger partial charge on any atom is 0.335 e. The second-order valence-corrected chi connectivity index (χ2v) is 17.9. The SMILES string of the molecule is C=C(C)C1CC[C@]2(NC(=O)Cc3cccnc3)CC[C@]3(C)[C@H](CC[C@@H]4[C@@]5(C)CC=C(c6ccc(C(=O)O)cc6)C(C)(C)[C@@H]5CC[C@]43C)[C@@H]12. The molecule has 5 aliphatic rings. The molecule has 1 amide bonds. The van der Waals surface area contributed by atoms with E-state index in [2.05, 4.69) is 64.5 Å². The van der Waals surface area contributed by atoms with Crippen molar-refractivity contribution in [1.29, 1.82) is 0 Å². The number of amides is 1. The Morgan fingerprint density at radius 3 is 2.33 bits per heavy atom. The second kappa shape index (κ2) is 11.4. The molecule has 0 spiro atoms. The minimum Gasteiger partial charge on any atom is -0.478 e. The average molecular weight is 649 g/mol. The van der Waals surface area contributed by atoms with Gasteiger partial charge in [0.2, 0.25) is 5.91 Å². The number of allylic oxidation sites excluding steroid dienone is 3. The highest BCUT2D eigenvalue weighted by molar-refractivity contribution is 5.88. The number of aromatic nitrogens is 1. The van der Waals surface area contributed by atoms with Crippen molar-refractivity contribution in [3.05, 3.63) is 83.7 Å². The van der Waals surface area contributed by atoms with Gasteiger partial charge >= 0.3 is 5.97 Å². The fourth-order valence-electron chi connectivity index (χ4n) is 13.3. The number of carboxylic acids is 1. The topological polar surface area (TPSA) is 79.3 Å². The predicted molar refractivity (Wildman–Crippen MR) is 192 cm³/mol. The number of nitrogens with one attached hydrogen (secondary N) is 1. The van der Waals surface area contributed by atoms with Gasteiger partial charge < -0.3 is 10.4 Å². The van der Waals surface area contributed by atoms with Gasteiger partial charge in [-0.2, -0.15) is 0 Å². The molecule has 0 saturated heterocycles. The van der Waals surface area contributed by atoms with E-state index >= 15 is 0 Å². The highest BCUT2D eigenvalue weighted by Crippen LogP contribution is 2.76. The molecule has 1 unspecified atom stereocenters. The molecule has 1 aromatic heterocycles. The first-order valence-corrected chi connectivity index (χ1v) is 18.6. The van der Waals surface area contributed by atoms with Gasteiger partial charge in [0.05, 0.1) is 12.0 Å². The number of carbonyl (C=O) groups excluding carboxylic acids is 1. The Hall–Kier alpha value is -3.21. The molecule has 5 aliphatic carbocycles. The van der Waals surface area contributed by atoms with Crippen LogP contribution in [0.3, 0.4) is 0 Å². The first kappa shape index (κ1) is 33.3. The molecule has 2 N–H and O–H groups in total. The summed E-state index contributed by atoms with van der Waals surface area (Å²) < 4.78 is 0. The van der Waals surface area contributed by atoms with E-state index < -0.39 is 5.97 Å². The zero-order chi connectivity index (χ0) is 34.3. The largest absolute Gasteiger partial charge is 0.478 e. The molecule has 0 aliphatic heterocycles. The molecule has 1 aromatic carbocycles. The fraction of sp³-hybridized carbons (Fsp3) is 0.605. The van der Waals surface area contributed by atoms with Gasteiger partial charge in [0, 0.05) is 17.9 Å². The maximum absolute atomic E-state index is 13.7. The Labute approximate surface area is 288 Å². The van der Waals surface area contributed by atoms with Crippen LogP contribution in [0.4, 0.5) is 0 Å². The van der Waals surface area contributed by atoms with Gasteiger partial charge in [0.1, 0.15) is 0 Å². The average Bonchev–Trinajstić information content (AvgIpc) is 3.41. The minimum absolute atomic E-state index is 0.00635. The number of pyridine rings is 1. The number of carbonyl (C=O) groups is 2. The van der Waals surface area contributed by atoms with E-state index in [-0.39, 0.29) is 33.1 Å². The molecule has 9 atom stereocenters. The van der Waals surface area contributed by atoms with Crippen molar-refractivity contribution in [3.63, 3.8) is 0 Å². The lowest BCUT2D eigenvalue weighted by molar-refractivity contribution is -0.219. The van der Waals surface area contributed by atoms with Crippen molar-refractivity contribution in [3.8, 4) is 0 Å².